The summed E-state index contributed by atoms with van der Waals surface area (Å²) in [6.45, 7) is 10.6. The van der Waals surface area contributed by atoms with Crippen LogP contribution in [-0.4, -0.2) is 38.5 Å². The highest BCUT2D eigenvalue weighted by Crippen LogP contribution is 2.65. The van der Waals surface area contributed by atoms with E-state index in [1.165, 1.54) is 0 Å². The highest BCUT2D eigenvalue weighted by molar-refractivity contribution is 5.83. The Hall–Kier alpha value is -2.77. The molecule has 8 heteroatoms. The van der Waals surface area contributed by atoms with Gasteiger partial charge >= 0.3 is 5.97 Å². The van der Waals surface area contributed by atoms with Crippen LogP contribution in [0.25, 0.3) is 0 Å². The zero-order valence-corrected chi connectivity index (χ0v) is 22.0. The Labute approximate surface area is 208 Å². The smallest absolute Gasteiger partial charge is 0.315 e. The van der Waals surface area contributed by atoms with E-state index < -0.39 is 10.5 Å². The Balaban J connectivity index is 1.98. The number of fused-ring (bicyclic) bond motifs is 1. The molecule has 3 aliphatic carbocycles. The number of benzene rings is 1. The summed E-state index contributed by atoms with van der Waals surface area (Å²) in [6.07, 6.45) is 5.93. The fourth-order valence-corrected chi connectivity index (χ4v) is 5.66. The molecule has 194 valence electrons. The highest BCUT2D eigenvalue weighted by atomic mass is 16.9. The van der Waals surface area contributed by atoms with Gasteiger partial charge in [0.15, 0.2) is 0 Å². The lowest BCUT2D eigenvalue weighted by atomic mass is 9.45. The number of allylic oxidation sites excluding steroid dienone is 1. The van der Waals surface area contributed by atoms with Crippen LogP contribution in [0.15, 0.2) is 23.8 Å². The molecule has 1 fully saturated rings. The highest BCUT2D eigenvalue weighted by Gasteiger charge is 2.56. The molecule has 1 aromatic carbocycles. The number of hydrogen-bond donors (Lipinski definition) is 0. The fourth-order valence-electron chi connectivity index (χ4n) is 5.66. The van der Waals surface area contributed by atoms with E-state index in [1.54, 1.807) is 14.2 Å². The summed E-state index contributed by atoms with van der Waals surface area (Å²) < 4.78 is 17.2. The minimum atomic E-state index is -0.890. The van der Waals surface area contributed by atoms with E-state index in [1.807, 2.05) is 26.0 Å². The third-order valence-electron chi connectivity index (χ3n) is 8.05. The molecule has 3 aliphatic rings. The van der Waals surface area contributed by atoms with Crippen molar-refractivity contribution in [3.05, 3.63) is 45.0 Å². The standard InChI is InChI=1S/C27H39NO7/c1-8-9-10-11-34-25(29)26(2,3)18-13-22(32-6)24(23(14-18)33-7)19-12-17(16-35-28(30)31)20-15-21(19)27(20,4)5/h12-14,19-21H,8-11,15-16H2,1-7H3/t19-,20+,21-/m0/s1. The van der Waals surface area contributed by atoms with Crippen molar-refractivity contribution in [2.75, 3.05) is 27.4 Å². The number of esters is 1. The van der Waals surface area contributed by atoms with Crippen LogP contribution in [0.2, 0.25) is 0 Å². The lowest BCUT2D eigenvalue weighted by molar-refractivity contribution is -0.756. The van der Waals surface area contributed by atoms with Gasteiger partial charge in [0.2, 0.25) is 0 Å². The first-order chi connectivity index (χ1) is 16.5. The first-order valence-electron chi connectivity index (χ1n) is 12.4. The number of rotatable bonds is 12. The summed E-state index contributed by atoms with van der Waals surface area (Å²) in [5.74, 6) is 1.50. The average molecular weight is 490 g/mol. The lowest BCUT2D eigenvalue weighted by Crippen LogP contribution is -2.52. The normalized spacial score (nSPS) is 22.5. The summed E-state index contributed by atoms with van der Waals surface area (Å²) in [7, 11) is 3.21. The second-order valence-electron chi connectivity index (χ2n) is 10.7. The van der Waals surface area contributed by atoms with Gasteiger partial charge in [-0.3, -0.25) is 4.79 Å². The van der Waals surface area contributed by atoms with Crippen molar-refractivity contribution in [1.82, 2.24) is 0 Å². The molecule has 4 rings (SSSR count). The molecule has 0 radical (unpaired) electrons. The van der Waals surface area contributed by atoms with Gasteiger partial charge in [0.25, 0.3) is 5.09 Å². The van der Waals surface area contributed by atoms with Crippen molar-refractivity contribution in [2.24, 2.45) is 17.3 Å². The van der Waals surface area contributed by atoms with E-state index in [0.717, 1.165) is 42.4 Å². The van der Waals surface area contributed by atoms with Crippen molar-refractivity contribution in [1.29, 1.82) is 0 Å². The fraction of sp³-hybridized carbons (Fsp3) is 0.667. The third kappa shape index (κ3) is 5.11. The zero-order chi connectivity index (χ0) is 26.0. The maximum Gasteiger partial charge on any atom is 0.315 e. The molecular formula is C27H39NO7. The van der Waals surface area contributed by atoms with Crippen molar-refractivity contribution in [2.45, 2.75) is 71.6 Å². The molecule has 0 aromatic heterocycles. The largest absolute Gasteiger partial charge is 0.496 e. The SMILES string of the molecule is CCCCCOC(=O)C(C)(C)c1cc(OC)c([C@H]2C=C(CO[N+](=O)[O-])[C@H]3C[C@@H]2C3(C)C)c(OC)c1. The second kappa shape index (κ2) is 10.5. The molecule has 1 aromatic rings. The van der Waals surface area contributed by atoms with Crippen molar-refractivity contribution >= 4 is 5.97 Å². The van der Waals surface area contributed by atoms with Crippen molar-refractivity contribution < 1.29 is 28.9 Å². The third-order valence-corrected chi connectivity index (χ3v) is 8.05. The van der Waals surface area contributed by atoms with Crippen LogP contribution in [-0.2, 0) is 19.8 Å². The molecular weight excluding hydrogens is 450 g/mol. The number of ether oxygens (including phenoxy) is 3. The van der Waals surface area contributed by atoms with Crippen LogP contribution in [0.4, 0.5) is 0 Å². The van der Waals surface area contributed by atoms with Crippen LogP contribution < -0.4 is 9.47 Å². The van der Waals surface area contributed by atoms with E-state index in [4.69, 9.17) is 19.0 Å². The molecule has 0 heterocycles. The van der Waals surface area contributed by atoms with Crippen molar-refractivity contribution in [3.8, 4) is 11.5 Å². The Morgan fingerprint density at radius 1 is 1.17 bits per heavy atom. The van der Waals surface area contributed by atoms with Crippen LogP contribution in [0.5, 0.6) is 11.5 Å². The summed E-state index contributed by atoms with van der Waals surface area (Å²) >= 11 is 0. The molecule has 3 atom stereocenters. The summed E-state index contributed by atoms with van der Waals surface area (Å²) in [4.78, 5) is 28.5. The number of unbranched alkanes of at least 4 members (excludes halogenated alkanes) is 2. The monoisotopic (exact) mass is 489 g/mol. The van der Waals surface area contributed by atoms with Crippen molar-refractivity contribution in [3.63, 3.8) is 0 Å². The van der Waals surface area contributed by atoms with Gasteiger partial charge in [-0.05, 0) is 67.2 Å². The Morgan fingerprint density at radius 3 is 2.31 bits per heavy atom. The maximum atomic E-state index is 12.9. The minimum Gasteiger partial charge on any atom is -0.496 e. The number of hydrogen-bond acceptors (Lipinski definition) is 7. The first kappa shape index (κ1) is 26.8. The molecule has 0 saturated heterocycles. The average Bonchev–Trinajstić information content (AvgIpc) is 2.83. The molecule has 0 unspecified atom stereocenters. The number of carbonyl (C=O) groups excluding carboxylic acids is 1. The predicted molar refractivity (Wildman–Crippen MR) is 132 cm³/mol. The topological polar surface area (TPSA) is 97.1 Å². The molecule has 0 N–H and O–H groups in total. The zero-order valence-electron chi connectivity index (χ0n) is 22.0. The second-order valence-corrected chi connectivity index (χ2v) is 10.7. The van der Waals surface area contributed by atoms with E-state index in [2.05, 4.69) is 26.8 Å². The predicted octanol–water partition coefficient (Wildman–Crippen LogP) is 5.61. The Bertz CT molecular complexity index is 957. The summed E-state index contributed by atoms with van der Waals surface area (Å²) in [5, 5.41) is 10.1. The van der Waals surface area contributed by atoms with E-state index in [9.17, 15) is 14.9 Å². The number of carbonyl (C=O) groups is 1. The van der Waals surface area contributed by atoms with Gasteiger partial charge in [0.1, 0.15) is 18.1 Å². The summed E-state index contributed by atoms with van der Waals surface area (Å²) in [5.41, 5.74) is 1.64. The van der Waals surface area contributed by atoms with Crippen LogP contribution >= 0.6 is 0 Å². The molecule has 35 heavy (non-hydrogen) atoms. The Kier molecular flexibility index (Phi) is 8.02. The van der Waals surface area contributed by atoms with Crippen LogP contribution in [0, 0.1) is 27.4 Å². The molecule has 0 spiro atoms. The Morgan fingerprint density at radius 2 is 1.80 bits per heavy atom. The van der Waals surface area contributed by atoms with E-state index in [-0.39, 0.29) is 29.8 Å². The van der Waals surface area contributed by atoms with Gasteiger partial charge in [0.05, 0.1) is 26.2 Å². The van der Waals surface area contributed by atoms with E-state index >= 15 is 0 Å². The van der Waals surface area contributed by atoms with Gasteiger partial charge in [-0.2, -0.15) is 0 Å². The van der Waals surface area contributed by atoms with Gasteiger partial charge in [-0.15, -0.1) is 10.1 Å². The molecule has 2 bridgehead atoms. The number of methoxy groups -OCH3 is 2. The quantitative estimate of drug-likeness (QED) is 0.124. The van der Waals surface area contributed by atoms with Crippen LogP contribution in [0.3, 0.4) is 0 Å². The molecule has 0 amide bonds. The first-order valence-corrected chi connectivity index (χ1v) is 12.4. The molecule has 0 aliphatic heterocycles. The minimum absolute atomic E-state index is 0.0367. The van der Waals surface area contributed by atoms with Gasteiger partial charge in [-0.25, -0.2) is 0 Å². The molecule has 8 nitrogen and oxygen atoms in total. The summed E-state index contributed by atoms with van der Waals surface area (Å²) in [6, 6.07) is 3.79. The lowest BCUT2D eigenvalue weighted by Gasteiger charge is -2.59. The maximum absolute atomic E-state index is 12.9. The van der Waals surface area contributed by atoms with Gasteiger partial charge in [0, 0.05) is 11.5 Å². The van der Waals surface area contributed by atoms with Gasteiger partial charge < -0.3 is 19.0 Å². The van der Waals surface area contributed by atoms with E-state index in [0.29, 0.717) is 24.0 Å². The number of nitrogens with zero attached hydrogens (tertiary/aromatic N) is 1. The van der Waals surface area contributed by atoms with Gasteiger partial charge in [-0.1, -0.05) is 39.7 Å². The molecule has 1 saturated carbocycles. The van der Waals surface area contributed by atoms with Crippen LogP contribution in [0.1, 0.15) is 77.3 Å².